The number of ether oxygens (including phenoxy) is 1. The molecular formula is C15H20ClN3O2. The zero-order chi connectivity index (χ0) is 14.7. The molecule has 21 heavy (non-hydrogen) atoms. The number of amides is 2. The third-order valence-electron chi connectivity index (χ3n) is 4.05. The highest BCUT2D eigenvalue weighted by molar-refractivity contribution is 6.30. The Morgan fingerprint density at radius 3 is 3.00 bits per heavy atom. The van der Waals surface area contributed by atoms with Crippen molar-refractivity contribution in [3.05, 3.63) is 29.3 Å². The van der Waals surface area contributed by atoms with Crippen LogP contribution in [0.3, 0.4) is 0 Å². The number of nitrogens with zero attached hydrogens (tertiary/aromatic N) is 1. The Morgan fingerprint density at radius 1 is 1.38 bits per heavy atom. The average molecular weight is 310 g/mol. The third kappa shape index (κ3) is 3.87. The van der Waals surface area contributed by atoms with Crippen molar-refractivity contribution in [3.63, 3.8) is 0 Å². The van der Waals surface area contributed by atoms with Crippen LogP contribution in [0.15, 0.2) is 24.3 Å². The fraction of sp³-hybridized carbons (Fsp3) is 0.533. The Balaban J connectivity index is 1.42. The number of carbonyl (C=O) groups excluding carboxylic acids is 1. The molecule has 0 aliphatic carbocycles. The molecule has 0 spiro atoms. The topological polar surface area (TPSA) is 53.6 Å². The van der Waals surface area contributed by atoms with Gasteiger partial charge in [0.2, 0.25) is 0 Å². The monoisotopic (exact) mass is 309 g/mol. The molecule has 2 aliphatic rings. The van der Waals surface area contributed by atoms with Crippen LogP contribution in [-0.2, 0) is 4.74 Å². The number of morpholine rings is 1. The molecule has 2 amide bonds. The van der Waals surface area contributed by atoms with Gasteiger partial charge in [0.05, 0.1) is 12.7 Å². The van der Waals surface area contributed by atoms with Gasteiger partial charge in [-0.1, -0.05) is 11.6 Å². The number of hydrogen-bond acceptors (Lipinski definition) is 3. The third-order valence-corrected chi connectivity index (χ3v) is 4.31. The minimum Gasteiger partial charge on any atom is -0.373 e. The van der Waals surface area contributed by atoms with Crippen molar-refractivity contribution in [1.82, 2.24) is 10.2 Å². The number of benzene rings is 1. The summed E-state index contributed by atoms with van der Waals surface area (Å²) in [6.45, 7) is 3.38. The molecule has 0 aromatic heterocycles. The van der Waals surface area contributed by atoms with E-state index in [9.17, 15) is 4.79 Å². The lowest BCUT2D eigenvalue weighted by Crippen LogP contribution is -2.50. The molecule has 2 aliphatic heterocycles. The molecule has 1 aromatic rings. The SMILES string of the molecule is O=C(NCC1CN2CCCC2CO1)Nc1ccc(Cl)cc1. The Kier molecular flexibility index (Phi) is 4.63. The van der Waals surface area contributed by atoms with Crippen LogP contribution in [0.25, 0.3) is 0 Å². The zero-order valence-corrected chi connectivity index (χ0v) is 12.6. The van der Waals surface area contributed by atoms with Gasteiger partial charge in [0.1, 0.15) is 0 Å². The maximum Gasteiger partial charge on any atom is 0.319 e. The van der Waals surface area contributed by atoms with Gasteiger partial charge in [-0.3, -0.25) is 4.90 Å². The second kappa shape index (κ2) is 6.64. The highest BCUT2D eigenvalue weighted by Gasteiger charge is 2.32. The van der Waals surface area contributed by atoms with E-state index in [1.807, 2.05) is 0 Å². The predicted octanol–water partition coefficient (Wildman–Crippen LogP) is 2.32. The number of hydrogen-bond donors (Lipinski definition) is 2. The van der Waals surface area contributed by atoms with E-state index in [-0.39, 0.29) is 12.1 Å². The lowest BCUT2D eigenvalue weighted by atomic mass is 10.2. The molecule has 5 nitrogen and oxygen atoms in total. The number of rotatable bonds is 3. The number of anilines is 1. The minimum atomic E-state index is -0.218. The van der Waals surface area contributed by atoms with E-state index in [0.717, 1.165) is 25.4 Å². The maximum absolute atomic E-state index is 11.8. The van der Waals surface area contributed by atoms with Gasteiger partial charge in [-0.15, -0.1) is 0 Å². The van der Waals surface area contributed by atoms with Gasteiger partial charge in [-0.05, 0) is 43.7 Å². The van der Waals surface area contributed by atoms with E-state index in [1.54, 1.807) is 24.3 Å². The summed E-state index contributed by atoms with van der Waals surface area (Å²) in [6, 6.07) is 7.40. The van der Waals surface area contributed by atoms with Crippen molar-refractivity contribution in [2.75, 3.05) is 31.6 Å². The normalized spacial score (nSPS) is 25.4. The summed E-state index contributed by atoms with van der Waals surface area (Å²) >= 11 is 5.81. The van der Waals surface area contributed by atoms with Crippen LogP contribution in [0.5, 0.6) is 0 Å². The standard InChI is InChI=1S/C15H20ClN3O2/c16-11-3-5-12(6-4-11)18-15(20)17-8-14-9-19-7-1-2-13(19)10-21-14/h3-6,13-14H,1-2,7-10H2,(H2,17,18,20). The van der Waals surface area contributed by atoms with Gasteiger partial charge in [-0.2, -0.15) is 0 Å². The number of nitrogens with one attached hydrogen (secondary N) is 2. The fourth-order valence-electron chi connectivity index (χ4n) is 2.92. The zero-order valence-electron chi connectivity index (χ0n) is 11.8. The Morgan fingerprint density at radius 2 is 2.19 bits per heavy atom. The van der Waals surface area contributed by atoms with Gasteiger partial charge in [-0.25, -0.2) is 4.79 Å². The summed E-state index contributed by atoms with van der Waals surface area (Å²) < 4.78 is 5.81. The predicted molar refractivity (Wildman–Crippen MR) is 82.8 cm³/mol. The molecule has 0 radical (unpaired) electrons. The van der Waals surface area contributed by atoms with E-state index in [2.05, 4.69) is 15.5 Å². The minimum absolute atomic E-state index is 0.0790. The van der Waals surface area contributed by atoms with Crippen LogP contribution in [0.2, 0.25) is 5.02 Å². The number of urea groups is 1. The van der Waals surface area contributed by atoms with Crippen LogP contribution >= 0.6 is 11.6 Å². The molecule has 1 aromatic carbocycles. The molecule has 114 valence electrons. The molecule has 3 rings (SSSR count). The highest BCUT2D eigenvalue weighted by Crippen LogP contribution is 2.22. The van der Waals surface area contributed by atoms with E-state index in [4.69, 9.17) is 16.3 Å². The van der Waals surface area contributed by atoms with Gasteiger partial charge in [0, 0.05) is 29.8 Å². The molecule has 6 heteroatoms. The molecule has 2 fully saturated rings. The van der Waals surface area contributed by atoms with Crippen molar-refractivity contribution in [1.29, 1.82) is 0 Å². The summed E-state index contributed by atoms with van der Waals surface area (Å²) in [5.41, 5.74) is 0.723. The Labute approximate surface area is 129 Å². The maximum atomic E-state index is 11.8. The quantitative estimate of drug-likeness (QED) is 0.901. The first-order valence-corrected chi connectivity index (χ1v) is 7.74. The number of fused-ring (bicyclic) bond motifs is 1. The van der Waals surface area contributed by atoms with Gasteiger partial charge < -0.3 is 15.4 Å². The highest BCUT2D eigenvalue weighted by atomic mass is 35.5. The number of carbonyl (C=O) groups is 1. The first-order chi connectivity index (χ1) is 10.2. The smallest absolute Gasteiger partial charge is 0.319 e. The van der Waals surface area contributed by atoms with Crippen molar-refractivity contribution in [2.24, 2.45) is 0 Å². The van der Waals surface area contributed by atoms with Gasteiger partial charge in [0.15, 0.2) is 0 Å². The molecule has 2 atom stereocenters. The van der Waals surface area contributed by atoms with Crippen LogP contribution in [0, 0.1) is 0 Å². The lowest BCUT2D eigenvalue weighted by Gasteiger charge is -2.35. The second-order valence-corrected chi connectivity index (χ2v) is 6.02. The Hall–Kier alpha value is -1.30. The van der Waals surface area contributed by atoms with Crippen LogP contribution in [0.4, 0.5) is 10.5 Å². The first kappa shape index (κ1) is 14.6. The first-order valence-electron chi connectivity index (χ1n) is 7.37. The molecular weight excluding hydrogens is 290 g/mol. The van der Waals surface area contributed by atoms with Gasteiger partial charge in [0.25, 0.3) is 0 Å². The molecule has 2 unspecified atom stereocenters. The van der Waals surface area contributed by atoms with Crippen LogP contribution < -0.4 is 10.6 Å². The lowest BCUT2D eigenvalue weighted by molar-refractivity contribution is -0.0456. The number of halogens is 1. The Bertz CT molecular complexity index is 494. The fourth-order valence-corrected chi connectivity index (χ4v) is 3.05. The average Bonchev–Trinajstić information content (AvgIpc) is 2.95. The molecule has 0 bridgehead atoms. The molecule has 0 saturated carbocycles. The van der Waals surface area contributed by atoms with E-state index in [0.29, 0.717) is 17.6 Å². The summed E-state index contributed by atoms with van der Waals surface area (Å²) in [7, 11) is 0. The molecule has 2 saturated heterocycles. The molecule has 2 N–H and O–H groups in total. The van der Waals surface area contributed by atoms with Crippen molar-refractivity contribution in [2.45, 2.75) is 25.0 Å². The summed E-state index contributed by atoms with van der Waals surface area (Å²) in [5.74, 6) is 0. The summed E-state index contributed by atoms with van der Waals surface area (Å²) in [5, 5.41) is 6.29. The molecule has 2 heterocycles. The van der Waals surface area contributed by atoms with Crippen LogP contribution in [-0.4, -0.2) is 49.3 Å². The summed E-state index contributed by atoms with van der Waals surface area (Å²) in [6.07, 6.45) is 2.57. The van der Waals surface area contributed by atoms with Crippen molar-refractivity contribution < 1.29 is 9.53 Å². The van der Waals surface area contributed by atoms with E-state index >= 15 is 0 Å². The van der Waals surface area contributed by atoms with E-state index in [1.165, 1.54) is 12.8 Å². The second-order valence-electron chi connectivity index (χ2n) is 5.59. The largest absolute Gasteiger partial charge is 0.373 e. The summed E-state index contributed by atoms with van der Waals surface area (Å²) in [4.78, 5) is 14.3. The van der Waals surface area contributed by atoms with Gasteiger partial charge >= 0.3 is 6.03 Å². The van der Waals surface area contributed by atoms with E-state index < -0.39 is 0 Å². The van der Waals surface area contributed by atoms with Crippen molar-refractivity contribution >= 4 is 23.3 Å². The van der Waals surface area contributed by atoms with Crippen LogP contribution in [0.1, 0.15) is 12.8 Å². The van der Waals surface area contributed by atoms with Crippen molar-refractivity contribution in [3.8, 4) is 0 Å².